The lowest BCUT2D eigenvalue weighted by molar-refractivity contribution is -0.144. The molecule has 2 aromatic rings. The lowest BCUT2D eigenvalue weighted by Crippen LogP contribution is -2.42. The molecular weight excluding hydrogens is 420 g/mol. The highest BCUT2D eigenvalue weighted by atomic mass is 16.7. The highest BCUT2D eigenvalue weighted by Gasteiger charge is 2.25. The Morgan fingerprint density at radius 3 is 2.76 bits per heavy atom. The van der Waals surface area contributed by atoms with Gasteiger partial charge in [-0.3, -0.25) is 9.79 Å². The van der Waals surface area contributed by atoms with Crippen molar-refractivity contribution >= 4 is 29.4 Å². The molecule has 0 aromatic heterocycles. The van der Waals surface area contributed by atoms with Gasteiger partial charge in [-0.05, 0) is 41.3 Å². The summed E-state index contributed by atoms with van der Waals surface area (Å²) in [6.45, 7) is 2.23. The van der Waals surface area contributed by atoms with E-state index in [0.29, 0.717) is 18.6 Å². The third-order valence-electron chi connectivity index (χ3n) is 5.51. The fourth-order valence-corrected chi connectivity index (χ4v) is 3.78. The van der Waals surface area contributed by atoms with Crippen LogP contribution in [0.5, 0.6) is 11.5 Å². The van der Waals surface area contributed by atoms with Crippen LogP contribution in [-0.4, -0.2) is 37.5 Å². The number of amides is 1. The fourth-order valence-electron chi connectivity index (χ4n) is 3.78. The van der Waals surface area contributed by atoms with Crippen LogP contribution in [-0.2, 0) is 20.7 Å². The summed E-state index contributed by atoms with van der Waals surface area (Å²) in [6.07, 6.45) is 6.85. The van der Waals surface area contributed by atoms with Crippen LogP contribution in [0.3, 0.4) is 0 Å². The van der Waals surface area contributed by atoms with Crippen molar-refractivity contribution in [2.24, 2.45) is 4.99 Å². The van der Waals surface area contributed by atoms with E-state index in [-0.39, 0.29) is 12.7 Å². The Kier molecular flexibility index (Phi) is 6.88. The maximum absolute atomic E-state index is 12.6. The smallest absolute Gasteiger partial charge is 0.328 e. The molecule has 2 aliphatic rings. The van der Waals surface area contributed by atoms with Crippen molar-refractivity contribution in [2.75, 3.05) is 13.9 Å². The van der Waals surface area contributed by atoms with E-state index in [1.807, 2.05) is 55.5 Å². The topological polar surface area (TPSA) is 86.2 Å². The summed E-state index contributed by atoms with van der Waals surface area (Å²) in [5.41, 5.74) is 4.77. The van der Waals surface area contributed by atoms with Crippen LogP contribution in [0.25, 0.3) is 6.08 Å². The summed E-state index contributed by atoms with van der Waals surface area (Å²) < 4.78 is 15.7. The Hall–Kier alpha value is -3.87. The van der Waals surface area contributed by atoms with E-state index in [0.717, 1.165) is 40.3 Å². The minimum absolute atomic E-state index is 0.225. The molecule has 0 unspecified atom stereocenters. The monoisotopic (exact) mass is 446 g/mol. The molecule has 7 nitrogen and oxygen atoms in total. The van der Waals surface area contributed by atoms with Gasteiger partial charge >= 0.3 is 5.97 Å². The molecule has 1 N–H and O–H groups in total. The SMILES string of the molecule is CCC(/C=C/C(=O)N[C@@H](CC1=Nc2ccccc2C1)C(=O)OC)=C\c1ccc2c(c1)OCO2. The summed E-state index contributed by atoms with van der Waals surface area (Å²) in [4.78, 5) is 29.5. The molecule has 4 rings (SSSR count). The number of carbonyl (C=O) groups excluding carboxylic acids is 2. The predicted molar refractivity (Wildman–Crippen MR) is 126 cm³/mol. The van der Waals surface area contributed by atoms with Gasteiger partial charge in [-0.1, -0.05) is 43.3 Å². The van der Waals surface area contributed by atoms with E-state index in [2.05, 4.69) is 10.3 Å². The van der Waals surface area contributed by atoms with E-state index in [1.54, 1.807) is 6.08 Å². The Bertz CT molecular complexity index is 1150. The van der Waals surface area contributed by atoms with E-state index < -0.39 is 12.0 Å². The molecule has 1 atom stereocenters. The highest BCUT2D eigenvalue weighted by Crippen LogP contribution is 2.33. The molecule has 7 heteroatoms. The fraction of sp³-hybridized carbons (Fsp3) is 0.269. The van der Waals surface area contributed by atoms with Gasteiger partial charge in [0.05, 0.1) is 12.8 Å². The second-order valence-electron chi connectivity index (χ2n) is 7.79. The molecule has 0 spiro atoms. The number of carbonyl (C=O) groups is 2. The number of methoxy groups -OCH3 is 1. The standard InChI is InChI=1S/C26H26N2O5/c1-3-17(12-18-8-10-23-24(13-18)33-16-32-23)9-11-25(29)28-22(26(30)31-2)15-20-14-19-6-4-5-7-21(19)27-20/h4-13,22H,3,14-16H2,1-2H3,(H,28,29)/b11-9+,17-12+/t22-/m0/s1. The number of benzene rings is 2. The molecule has 170 valence electrons. The maximum atomic E-state index is 12.6. The number of aliphatic imine (C=N–C) groups is 1. The molecule has 0 aliphatic carbocycles. The normalized spacial score (nSPS) is 15.2. The summed E-state index contributed by atoms with van der Waals surface area (Å²) in [5, 5.41) is 2.75. The van der Waals surface area contributed by atoms with Crippen molar-refractivity contribution in [1.82, 2.24) is 5.32 Å². The summed E-state index contributed by atoms with van der Waals surface area (Å²) in [7, 11) is 1.31. The molecule has 33 heavy (non-hydrogen) atoms. The Morgan fingerprint density at radius 1 is 1.15 bits per heavy atom. The number of nitrogens with zero attached hydrogens (tertiary/aromatic N) is 1. The number of rotatable bonds is 8. The van der Waals surface area contributed by atoms with Gasteiger partial charge in [-0.2, -0.15) is 0 Å². The molecule has 1 amide bonds. The number of fused-ring (bicyclic) bond motifs is 2. The minimum Gasteiger partial charge on any atom is -0.467 e. The van der Waals surface area contributed by atoms with Gasteiger partial charge < -0.3 is 19.5 Å². The first-order chi connectivity index (χ1) is 16.1. The molecule has 0 fully saturated rings. The molecule has 0 radical (unpaired) electrons. The summed E-state index contributed by atoms with van der Waals surface area (Å²) >= 11 is 0. The zero-order chi connectivity index (χ0) is 23.2. The van der Waals surface area contributed by atoms with Crippen LogP contribution < -0.4 is 14.8 Å². The molecular formula is C26H26N2O5. The van der Waals surface area contributed by atoms with Crippen molar-refractivity contribution < 1.29 is 23.8 Å². The van der Waals surface area contributed by atoms with E-state index >= 15 is 0 Å². The van der Waals surface area contributed by atoms with Crippen molar-refractivity contribution in [3.05, 3.63) is 71.3 Å². The number of ether oxygens (including phenoxy) is 3. The van der Waals surface area contributed by atoms with E-state index in [4.69, 9.17) is 14.2 Å². The summed E-state index contributed by atoms with van der Waals surface area (Å²) in [6, 6.07) is 12.7. The Morgan fingerprint density at radius 2 is 1.97 bits per heavy atom. The van der Waals surface area contributed by atoms with Crippen LogP contribution in [0.1, 0.15) is 30.9 Å². The van der Waals surface area contributed by atoms with Crippen molar-refractivity contribution in [1.29, 1.82) is 0 Å². The van der Waals surface area contributed by atoms with Crippen LogP contribution in [0.4, 0.5) is 5.69 Å². The van der Waals surface area contributed by atoms with Gasteiger partial charge in [0.15, 0.2) is 11.5 Å². The summed E-state index contributed by atoms with van der Waals surface area (Å²) in [5.74, 6) is 0.566. The zero-order valence-electron chi connectivity index (χ0n) is 18.7. The average molecular weight is 447 g/mol. The largest absolute Gasteiger partial charge is 0.467 e. The van der Waals surface area contributed by atoms with Gasteiger partial charge in [-0.15, -0.1) is 0 Å². The second-order valence-corrected chi connectivity index (χ2v) is 7.79. The number of hydrogen-bond donors (Lipinski definition) is 1. The van der Waals surface area contributed by atoms with Crippen molar-refractivity contribution in [2.45, 2.75) is 32.2 Å². The Balaban J connectivity index is 1.40. The first-order valence-electron chi connectivity index (χ1n) is 10.9. The third kappa shape index (κ3) is 5.49. The third-order valence-corrected chi connectivity index (χ3v) is 5.51. The first-order valence-corrected chi connectivity index (χ1v) is 10.9. The number of nitrogens with one attached hydrogen (secondary N) is 1. The minimum atomic E-state index is -0.803. The van der Waals surface area contributed by atoms with Gasteiger partial charge in [0.25, 0.3) is 0 Å². The molecule has 2 heterocycles. The molecule has 0 bridgehead atoms. The van der Waals surface area contributed by atoms with E-state index in [9.17, 15) is 9.59 Å². The van der Waals surface area contributed by atoms with Crippen LogP contribution in [0.2, 0.25) is 0 Å². The van der Waals surface area contributed by atoms with Crippen LogP contribution in [0, 0.1) is 0 Å². The Labute approximate surface area is 192 Å². The quantitative estimate of drug-likeness (QED) is 0.374. The number of allylic oxidation sites excluding steroid dienone is 2. The average Bonchev–Trinajstić information content (AvgIpc) is 3.46. The predicted octanol–water partition coefficient (Wildman–Crippen LogP) is 4.14. The van der Waals surface area contributed by atoms with Crippen LogP contribution in [0.15, 0.2) is 65.2 Å². The van der Waals surface area contributed by atoms with Gasteiger partial charge in [0.2, 0.25) is 12.7 Å². The van der Waals surface area contributed by atoms with E-state index in [1.165, 1.54) is 13.2 Å². The molecule has 0 saturated heterocycles. The zero-order valence-corrected chi connectivity index (χ0v) is 18.7. The van der Waals surface area contributed by atoms with Crippen molar-refractivity contribution in [3.8, 4) is 11.5 Å². The lowest BCUT2D eigenvalue weighted by Gasteiger charge is -2.15. The highest BCUT2D eigenvalue weighted by molar-refractivity contribution is 5.99. The number of para-hydroxylation sites is 1. The molecule has 2 aliphatic heterocycles. The second kappa shape index (κ2) is 10.2. The lowest BCUT2D eigenvalue weighted by atomic mass is 10.0. The van der Waals surface area contributed by atoms with Crippen LogP contribution >= 0.6 is 0 Å². The maximum Gasteiger partial charge on any atom is 0.328 e. The number of esters is 1. The molecule has 0 saturated carbocycles. The first kappa shape index (κ1) is 22.3. The van der Waals surface area contributed by atoms with Gasteiger partial charge in [0, 0.05) is 24.6 Å². The van der Waals surface area contributed by atoms with Crippen molar-refractivity contribution in [3.63, 3.8) is 0 Å². The van der Waals surface area contributed by atoms with Gasteiger partial charge in [-0.25, -0.2) is 4.79 Å². The number of hydrogen-bond acceptors (Lipinski definition) is 6. The molecule has 2 aromatic carbocycles. The van der Waals surface area contributed by atoms with Gasteiger partial charge in [0.1, 0.15) is 6.04 Å².